The van der Waals surface area contributed by atoms with Gasteiger partial charge in [-0.05, 0) is 38.0 Å². The SMILES string of the molecule is CC(=O)CCCC#CN(Cc1ccccc1)S(=O)(=O)c1ccc(C)cc1. The molecular formula is C21H23NO3S. The van der Waals surface area contributed by atoms with Crippen LogP contribution in [-0.4, -0.2) is 18.5 Å². The van der Waals surface area contributed by atoms with Crippen LogP contribution in [-0.2, 0) is 21.4 Å². The zero-order chi connectivity index (χ0) is 19.0. The predicted octanol–water partition coefficient (Wildman–Crippen LogP) is 3.91. The second-order valence-corrected chi connectivity index (χ2v) is 8.02. The Labute approximate surface area is 155 Å². The molecule has 0 bridgehead atoms. The van der Waals surface area contributed by atoms with E-state index in [1.165, 1.54) is 11.2 Å². The number of hydrogen-bond donors (Lipinski definition) is 0. The lowest BCUT2D eigenvalue weighted by molar-refractivity contribution is -0.117. The van der Waals surface area contributed by atoms with Crippen LogP contribution in [0.4, 0.5) is 0 Å². The van der Waals surface area contributed by atoms with Gasteiger partial charge in [-0.3, -0.25) is 0 Å². The Morgan fingerprint density at radius 2 is 1.69 bits per heavy atom. The molecule has 0 aliphatic heterocycles. The van der Waals surface area contributed by atoms with E-state index < -0.39 is 10.0 Å². The van der Waals surface area contributed by atoms with E-state index in [0.717, 1.165) is 11.1 Å². The molecule has 0 saturated heterocycles. The first kappa shape index (κ1) is 19.7. The van der Waals surface area contributed by atoms with Crippen molar-refractivity contribution in [2.24, 2.45) is 0 Å². The molecule has 2 aromatic rings. The van der Waals surface area contributed by atoms with Gasteiger partial charge in [-0.1, -0.05) is 53.9 Å². The molecule has 0 aliphatic rings. The van der Waals surface area contributed by atoms with Gasteiger partial charge >= 0.3 is 0 Å². The number of ketones is 1. The molecule has 0 spiro atoms. The number of sulfonamides is 1. The molecule has 0 heterocycles. The second-order valence-electron chi connectivity index (χ2n) is 6.15. The number of carbonyl (C=O) groups is 1. The van der Waals surface area contributed by atoms with E-state index in [1.807, 2.05) is 37.3 Å². The van der Waals surface area contributed by atoms with Crippen molar-refractivity contribution >= 4 is 15.8 Å². The summed E-state index contributed by atoms with van der Waals surface area (Å²) in [6, 6.07) is 18.9. The third-order valence-corrected chi connectivity index (χ3v) is 5.48. The van der Waals surface area contributed by atoms with Gasteiger partial charge in [0.15, 0.2) is 0 Å². The number of aryl methyl sites for hydroxylation is 1. The molecule has 0 amide bonds. The number of unbranched alkanes of at least 4 members (excludes halogenated alkanes) is 1. The Morgan fingerprint density at radius 3 is 2.31 bits per heavy atom. The molecule has 4 nitrogen and oxygen atoms in total. The van der Waals surface area contributed by atoms with Crippen LogP contribution in [0.1, 0.15) is 37.3 Å². The summed E-state index contributed by atoms with van der Waals surface area (Å²) >= 11 is 0. The van der Waals surface area contributed by atoms with Gasteiger partial charge in [0, 0.05) is 18.9 Å². The Morgan fingerprint density at radius 1 is 1.04 bits per heavy atom. The number of carbonyl (C=O) groups excluding carboxylic acids is 1. The van der Waals surface area contributed by atoms with Crippen molar-refractivity contribution in [2.45, 2.75) is 44.6 Å². The maximum atomic E-state index is 13.0. The molecule has 0 aliphatic carbocycles. The van der Waals surface area contributed by atoms with Crippen molar-refractivity contribution in [3.8, 4) is 12.0 Å². The first-order valence-electron chi connectivity index (χ1n) is 8.51. The molecule has 5 heteroatoms. The van der Waals surface area contributed by atoms with E-state index in [0.29, 0.717) is 19.3 Å². The van der Waals surface area contributed by atoms with Crippen molar-refractivity contribution in [3.05, 3.63) is 65.7 Å². The van der Waals surface area contributed by atoms with Gasteiger partial charge in [0.2, 0.25) is 0 Å². The molecule has 26 heavy (non-hydrogen) atoms. The Bertz CT molecular complexity index is 892. The Hall–Kier alpha value is -2.58. The highest BCUT2D eigenvalue weighted by atomic mass is 32.2. The lowest BCUT2D eigenvalue weighted by Crippen LogP contribution is -2.26. The fourth-order valence-electron chi connectivity index (χ4n) is 2.34. The van der Waals surface area contributed by atoms with Gasteiger partial charge in [0.1, 0.15) is 5.78 Å². The Kier molecular flexibility index (Phi) is 6.99. The molecule has 136 valence electrons. The maximum absolute atomic E-state index is 13.0. The van der Waals surface area contributed by atoms with E-state index in [4.69, 9.17) is 0 Å². The quantitative estimate of drug-likeness (QED) is 0.422. The summed E-state index contributed by atoms with van der Waals surface area (Å²) in [6.07, 6.45) is 1.57. The summed E-state index contributed by atoms with van der Waals surface area (Å²) in [6.45, 7) is 3.63. The van der Waals surface area contributed by atoms with Crippen LogP contribution in [0.5, 0.6) is 0 Å². The minimum absolute atomic E-state index is 0.111. The largest absolute Gasteiger partial charge is 0.300 e. The third-order valence-electron chi connectivity index (χ3n) is 3.81. The molecule has 2 aromatic carbocycles. The number of hydrogen-bond acceptors (Lipinski definition) is 3. The van der Waals surface area contributed by atoms with Gasteiger partial charge in [0.25, 0.3) is 10.0 Å². The molecular weight excluding hydrogens is 346 g/mol. The Balaban J connectivity index is 2.25. The zero-order valence-electron chi connectivity index (χ0n) is 15.1. The molecule has 0 radical (unpaired) electrons. The molecule has 2 rings (SSSR count). The number of nitrogens with zero attached hydrogens (tertiary/aromatic N) is 1. The average molecular weight is 369 g/mol. The number of benzene rings is 2. The highest BCUT2D eigenvalue weighted by molar-refractivity contribution is 7.89. The smallest absolute Gasteiger partial charge is 0.271 e. The fraction of sp³-hybridized carbons (Fsp3) is 0.286. The van der Waals surface area contributed by atoms with Crippen molar-refractivity contribution in [1.29, 1.82) is 0 Å². The molecule has 0 atom stereocenters. The molecule has 0 saturated carbocycles. The zero-order valence-corrected chi connectivity index (χ0v) is 15.9. The van der Waals surface area contributed by atoms with Crippen LogP contribution in [0.25, 0.3) is 0 Å². The molecule has 0 fully saturated rings. The standard InChI is InChI=1S/C21H23NO3S/c1-18-12-14-21(15-13-18)26(24,25)22(16-8-4-5-9-19(2)23)17-20-10-6-3-7-11-20/h3,6-7,10-15H,4-5,9,17H2,1-2H3. The third kappa shape index (κ3) is 5.75. The lowest BCUT2D eigenvalue weighted by atomic mass is 10.2. The van der Waals surface area contributed by atoms with E-state index in [1.54, 1.807) is 24.3 Å². The van der Waals surface area contributed by atoms with Crippen molar-refractivity contribution in [2.75, 3.05) is 0 Å². The van der Waals surface area contributed by atoms with Crippen LogP contribution < -0.4 is 0 Å². The van der Waals surface area contributed by atoms with Crippen molar-refractivity contribution in [3.63, 3.8) is 0 Å². The number of Topliss-reactive ketones (excluding diaryl/α,β-unsaturated/α-hetero) is 1. The first-order valence-corrected chi connectivity index (χ1v) is 9.95. The van der Waals surface area contributed by atoms with E-state index in [-0.39, 0.29) is 17.2 Å². The van der Waals surface area contributed by atoms with Crippen LogP contribution in [0.3, 0.4) is 0 Å². The number of rotatable bonds is 7. The minimum Gasteiger partial charge on any atom is -0.300 e. The molecule has 0 N–H and O–H groups in total. The van der Waals surface area contributed by atoms with Gasteiger partial charge in [-0.15, -0.1) is 0 Å². The second kappa shape index (κ2) is 9.21. The van der Waals surface area contributed by atoms with Crippen LogP contribution in [0, 0.1) is 18.9 Å². The van der Waals surface area contributed by atoms with E-state index >= 15 is 0 Å². The summed E-state index contributed by atoms with van der Waals surface area (Å²) in [5.41, 5.74) is 1.86. The molecule has 0 unspecified atom stereocenters. The summed E-state index contributed by atoms with van der Waals surface area (Å²) in [7, 11) is -3.73. The predicted molar refractivity (Wildman–Crippen MR) is 103 cm³/mol. The fourth-order valence-corrected chi connectivity index (χ4v) is 3.58. The molecule has 0 aromatic heterocycles. The highest BCUT2D eigenvalue weighted by Crippen LogP contribution is 2.18. The lowest BCUT2D eigenvalue weighted by Gasteiger charge is -2.18. The van der Waals surface area contributed by atoms with Gasteiger partial charge in [0.05, 0.1) is 11.4 Å². The van der Waals surface area contributed by atoms with Gasteiger partial charge in [-0.25, -0.2) is 12.7 Å². The van der Waals surface area contributed by atoms with Crippen LogP contribution in [0.2, 0.25) is 0 Å². The first-order chi connectivity index (χ1) is 12.4. The maximum Gasteiger partial charge on any atom is 0.271 e. The average Bonchev–Trinajstić information content (AvgIpc) is 2.61. The summed E-state index contributed by atoms with van der Waals surface area (Å²) < 4.78 is 27.2. The summed E-state index contributed by atoms with van der Waals surface area (Å²) in [4.78, 5) is 11.2. The van der Waals surface area contributed by atoms with Crippen molar-refractivity contribution < 1.29 is 13.2 Å². The van der Waals surface area contributed by atoms with Gasteiger partial charge in [-0.2, -0.15) is 0 Å². The highest BCUT2D eigenvalue weighted by Gasteiger charge is 2.22. The van der Waals surface area contributed by atoms with E-state index in [2.05, 4.69) is 12.0 Å². The summed E-state index contributed by atoms with van der Waals surface area (Å²) in [5.74, 6) is 3.00. The van der Waals surface area contributed by atoms with E-state index in [9.17, 15) is 13.2 Å². The summed E-state index contributed by atoms with van der Waals surface area (Å²) in [5, 5.41) is 0. The van der Waals surface area contributed by atoms with Crippen LogP contribution >= 0.6 is 0 Å². The topological polar surface area (TPSA) is 54.5 Å². The monoisotopic (exact) mass is 369 g/mol. The van der Waals surface area contributed by atoms with Crippen LogP contribution in [0.15, 0.2) is 59.5 Å². The van der Waals surface area contributed by atoms with Gasteiger partial charge < -0.3 is 4.79 Å². The minimum atomic E-state index is -3.73. The normalized spacial score (nSPS) is 10.7. The van der Waals surface area contributed by atoms with Crippen molar-refractivity contribution in [1.82, 2.24) is 4.31 Å².